The first-order valence-electron chi connectivity index (χ1n) is 7.15. The van der Waals surface area contributed by atoms with Gasteiger partial charge in [0.15, 0.2) is 6.61 Å². The highest BCUT2D eigenvalue weighted by molar-refractivity contribution is 5.77. The van der Waals surface area contributed by atoms with Crippen LogP contribution in [0.2, 0.25) is 0 Å². The Bertz CT molecular complexity index is 477. The van der Waals surface area contributed by atoms with Gasteiger partial charge >= 0.3 is 0 Å². The van der Waals surface area contributed by atoms with Gasteiger partial charge in [-0.2, -0.15) is 5.26 Å². The Labute approximate surface area is 126 Å². The van der Waals surface area contributed by atoms with E-state index in [-0.39, 0.29) is 24.5 Å². The summed E-state index contributed by atoms with van der Waals surface area (Å²) >= 11 is 0. The molecule has 0 saturated heterocycles. The van der Waals surface area contributed by atoms with Crippen LogP contribution < -0.4 is 15.4 Å². The fourth-order valence-corrected chi connectivity index (χ4v) is 1.76. The van der Waals surface area contributed by atoms with Gasteiger partial charge in [0, 0.05) is 25.0 Å². The predicted octanol–water partition coefficient (Wildman–Crippen LogP) is 2.01. The standard InChI is InChI=1S/C16H23N3O2/c1-12(2)16(20)19-10-9-18-13(3)14-4-6-15(7-5-14)21-11-8-17/h4-7,12-13,18H,9-11H2,1-3H3,(H,19,20). The number of benzene rings is 1. The van der Waals surface area contributed by atoms with Crippen LogP contribution in [-0.2, 0) is 4.79 Å². The number of hydrogen-bond donors (Lipinski definition) is 2. The lowest BCUT2D eigenvalue weighted by Gasteiger charge is -2.15. The van der Waals surface area contributed by atoms with Gasteiger partial charge in [-0.15, -0.1) is 0 Å². The highest BCUT2D eigenvalue weighted by atomic mass is 16.5. The topological polar surface area (TPSA) is 74.2 Å². The van der Waals surface area contributed by atoms with Crippen molar-refractivity contribution < 1.29 is 9.53 Å². The highest BCUT2D eigenvalue weighted by Crippen LogP contribution is 2.17. The van der Waals surface area contributed by atoms with Crippen molar-refractivity contribution in [3.8, 4) is 11.8 Å². The number of nitriles is 1. The van der Waals surface area contributed by atoms with Crippen LogP contribution in [0.4, 0.5) is 0 Å². The second-order valence-electron chi connectivity index (χ2n) is 5.14. The smallest absolute Gasteiger partial charge is 0.222 e. The van der Waals surface area contributed by atoms with Crippen LogP contribution in [0.1, 0.15) is 32.4 Å². The van der Waals surface area contributed by atoms with Crippen molar-refractivity contribution in [1.29, 1.82) is 5.26 Å². The third-order valence-electron chi connectivity index (χ3n) is 3.08. The van der Waals surface area contributed by atoms with E-state index in [0.717, 1.165) is 5.56 Å². The van der Waals surface area contributed by atoms with Crippen molar-refractivity contribution in [2.45, 2.75) is 26.8 Å². The zero-order valence-corrected chi connectivity index (χ0v) is 12.8. The third-order valence-corrected chi connectivity index (χ3v) is 3.08. The number of nitrogens with one attached hydrogen (secondary N) is 2. The summed E-state index contributed by atoms with van der Waals surface area (Å²) in [5.41, 5.74) is 1.13. The lowest BCUT2D eigenvalue weighted by atomic mass is 10.1. The number of amides is 1. The first-order chi connectivity index (χ1) is 10.0. The van der Waals surface area contributed by atoms with Crippen LogP contribution in [0.15, 0.2) is 24.3 Å². The van der Waals surface area contributed by atoms with Gasteiger partial charge in [0.05, 0.1) is 0 Å². The molecule has 1 atom stereocenters. The molecular weight excluding hydrogens is 266 g/mol. The summed E-state index contributed by atoms with van der Waals surface area (Å²) in [6.45, 7) is 7.21. The Morgan fingerprint density at radius 2 is 1.90 bits per heavy atom. The summed E-state index contributed by atoms with van der Waals surface area (Å²) in [7, 11) is 0. The Morgan fingerprint density at radius 1 is 1.24 bits per heavy atom. The Balaban J connectivity index is 2.33. The van der Waals surface area contributed by atoms with E-state index in [1.807, 2.05) is 44.2 Å². The van der Waals surface area contributed by atoms with E-state index in [1.54, 1.807) is 0 Å². The molecule has 0 fully saturated rings. The molecule has 1 rings (SSSR count). The van der Waals surface area contributed by atoms with Gasteiger partial charge in [0.25, 0.3) is 0 Å². The molecular formula is C16H23N3O2. The van der Waals surface area contributed by atoms with Crippen LogP contribution in [-0.4, -0.2) is 25.6 Å². The fraction of sp³-hybridized carbons (Fsp3) is 0.500. The van der Waals surface area contributed by atoms with Crippen LogP contribution in [0.3, 0.4) is 0 Å². The molecule has 0 aliphatic heterocycles. The van der Waals surface area contributed by atoms with Gasteiger partial charge < -0.3 is 15.4 Å². The average molecular weight is 289 g/mol. The zero-order chi connectivity index (χ0) is 15.7. The number of hydrogen-bond acceptors (Lipinski definition) is 4. The second-order valence-corrected chi connectivity index (χ2v) is 5.14. The fourth-order valence-electron chi connectivity index (χ4n) is 1.76. The molecule has 0 aliphatic rings. The number of carbonyl (C=O) groups is 1. The quantitative estimate of drug-likeness (QED) is 0.718. The maximum Gasteiger partial charge on any atom is 0.222 e. The molecule has 0 heterocycles. The molecule has 1 aromatic carbocycles. The summed E-state index contributed by atoms with van der Waals surface area (Å²) in [5, 5.41) is 14.7. The molecule has 2 N–H and O–H groups in total. The SMILES string of the molecule is CC(C)C(=O)NCCNC(C)c1ccc(OCC#N)cc1. The van der Waals surface area contributed by atoms with Crippen molar-refractivity contribution in [2.75, 3.05) is 19.7 Å². The van der Waals surface area contributed by atoms with Crippen LogP contribution in [0.5, 0.6) is 5.75 Å². The van der Waals surface area contributed by atoms with E-state index in [9.17, 15) is 4.79 Å². The molecule has 0 aliphatic carbocycles. The van der Waals surface area contributed by atoms with E-state index in [2.05, 4.69) is 17.6 Å². The van der Waals surface area contributed by atoms with Gasteiger partial charge in [-0.05, 0) is 24.6 Å². The number of carbonyl (C=O) groups excluding carboxylic acids is 1. The third kappa shape index (κ3) is 6.28. The summed E-state index contributed by atoms with van der Waals surface area (Å²) in [4.78, 5) is 11.4. The van der Waals surface area contributed by atoms with Crippen molar-refractivity contribution in [3.63, 3.8) is 0 Å². The Kier molecular flexibility index (Phi) is 7.27. The second kappa shape index (κ2) is 8.98. The Morgan fingerprint density at radius 3 is 2.48 bits per heavy atom. The maximum atomic E-state index is 11.4. The number of ether oxygens (including phenoxy) is 1. The summed E-state index contributed by atoms with van der Waals surface area (Å²) < 4.78 is 5.21. The molecule has 1 amide bonds. The lowest BCUT2D eigenvalue weighted by Crippen LogP contribution is -2.35. The van der Waals surface area contributed by atoms with E-state index < -0.39 is 0 Å². The minimum Gasteiger partial charge on any atom is -0.479 e. The van der Waals surface area contributed by atoms with Crippen molar-refractivity contribution in [2.24, 2.45) is 5.92 Å². The van der Waals surface area contributed by atoms with Gasteiger partial charge in [0.2, 0.25) is 5.91 Å². The number of nitrogens with zero attached hydrogens (tertiary/aromatic N) is 1. The molecule has 0 radical (unpaired) electrons. The van der Waals surface area contributed by atoms with Crippen molar-refractivity contribution in [1.82, 2.24) is 10.6 Å². The van der Waals surface area contributed by atoms with Gasteiger partial charge in [0.1, 0.15) is 11.8 Å². The molecule has 0 aromatic heterocycles. The van der Waals surface area contributed by atoms with Crippen LogP contribution in [0.25, 0.3) is 0 Å². The van der Waals surface area contributed by atoms with Crippen LogP contribution >= 0.6 is 0 Å². The Hall–Kier alpha value is -2.06. The highest BCUT2D eigenvalue weighted by Gasteiger charge is 2.07. The summed E-state index contributed by atoms with van der Waals surface area (Å²) in [5.74, 6) is 0.781. The molecule has 5 heteroatoms. The zero-order valence-electron chi connectivity index (χ0n) is 12.8. The lowest BCUT2D eigenvalue weighted by molar-refractivity contribution is -0.123. The molecule has 0 bridgehead atoms. The van der Waals surface area contributed by atoms with Gasteiger partial charge in [-0.1, -0.05) is 26.0 Å². The monoisotopic (exact) mass is 289 g/mol. The minimum absolute atomic E-state index is 0.0170. The average Bonchev–Trinajstić information content (AvgIpc) is 2.49. The number of rotatable bonds is 8. The first kappa shape index (κ1) is 17.0. The molecule has 0 spiro atoms. The van der Waals surface area contributed by atoms with Crippen molar-refractivity contribution >= 4 is 5.91 Å². The maximum absolute atomic E-state index is 11.4. The van der Waals surface area contributed by atoms with E-state index in [0.29, 0.717) is 18.8 Å². The molecule has 0 saturated carbocycles. The van der Waals surface area contributed by atoms with E-state index >= 15 is 0 Å². The normalized spacial score (nSPS) is 11.8. The first-order valence-corrected chi connectivity index (χ1v) is 7.15. The molecule has 114 valence electrons. The largest absolute Gasteiger partial charge is 0.479 e. The van der Waals surface area contributed by atoms with Crippen LogP contribution in [0, 0.1) is 17.2 Å². The van der Waals surface area contributed by atoms with Gasteiger partial charge in [-0.25, -0.2) is 0 Å². The molecule has 1 aromatic rings. The van der Waals surface area contributed by atoms with E-state index in [4.69, 9.17) is 10.00 Å². The van der Waals surface area contributed by atoms with Gasteiger partial charge in [-0.3, -0.25) is 4.79 Å². The van der Waals surface area contributed by atoms with E-state index in [1.165, 1.54) is 0 Å². The molecule has 1 unspecified atom stereocenters. The summed E-state index contributed by atoms with van der Waals surface area (Å²) in [6.07, 6.45) is 0. The minimum atomic E-state index is 0.0170. The summed E-state index contributed by atoms with van der Waals surface area (Å²) in [6, 6.07) is 9.77. The molecule has 21 heavy (non-hydrogen) atoms. The molecule has 5 nitrogen and oxygen atoms in total. The predicted molar refractivity (Wildman–Crippen MR) is 81.8 cm³/mol. The van der Waals surface area contributed by atoms with Crippen molar-refractivity contribution in [3.05, 3.63) is 29.8 Å².